The first kappa shape index (κ1) is 17.9. The molecule has 1 fully saturated rings. The van der Waals surface area contributed by atoms with Crippen LogP contribution in [0, 0.1) is 5.92 Å². The number of carbonyl (C=O) groups excluding carboxylic acids is 3. The average molecular weight is 333 g/mol. The summed E-state index contributed by atoms with van der Waals surface area (Å²) in [6, 6.07) is 6.46. The van der Waals surface area contributed by atoms with Gasteiger partial charge in [0, 0.05) is 31.7 Å². The Bertz CT molecular complexity index is 613. The maximum Gasteiger partial charge on any atom is 0.337 e. The van der Waals surface area contributed by atoms with Crippen molar-refractivity contribution in [1.82, 2.24) is 9.80 Å². The number of nitrogens with one attached hydrogen (secondary N) is 1. The third kappa shape index (κ3) is 4.55. The summed E-state index contributed by atoms with van der Waals surface area (Å²) in [7, 11) is 5.21. The van der Waals surface area contributed by atoms with E-state index in [0.29, 0.717) is 24.3 Å². The van der Waals surface area contributed by atoms with Gasteiger partial charge in [0.1, 0.15) is 0 Å². The van der Waals surface area contributed by atoms with Crippen molar-refractivity contribution in [3.8, 4) is 0 Å². The fraction of sp³-hybridized carbons (Fsp3) is 0.471. The van der Waals surface area contributed by atoms with E-state index in [1.54, 1.807) is 29.2 Å². The molecule has 0 saturated carbocycles. The van der Waals surface area contributed by atoms with Gasteiger partial charge in [-0.3, -0.25) is 9.59 Å². The van der Waals surface area contributed by atoms with E-state index in [0.717, 1.165) is 6.54 Å². The number of hydrogen-bond acceptors (Lipinski definition) is 5. The van der Waals surface area contributed by atoms with Crippen molar-refractivity contribution in [2.24, 2.45) is 5.92 Å². The van der Waals surface area contributed by atoms with Gasteiger partial charge < -0.3 is 19.9 Å². The Kier molecular flexibility index (Phi) is 5.92. The minimum Gasteiger partial charge on any atom is -0.465 e. The smallest absolute Gasteiger partial charge is 0.337 e. The Morgan fingerprint density at radius 2 is 1.96 bits per heavy atom. The molecule has 1 aliphatic heterocycles. The molecule has 130 valence electrons. The van der Waals surface area contributed by atoms with Crippen LogP contribution in [0.15, 0.2) is 24.3 Å². The first-order valence-electron chi connectivity index (χ1n) is 7.82. The van der Waals surface area contributed by atoms with Crippen LogP contribution < -0.4 is 5.32 Å². The molecule has 7 heteroatoms. The molecule has 0 aliphatic carbocycles. The number of hydrogen-bond donors (Lipinski definition) is 1. The van der Waals surface area contributed by atoms with Gasteiger partial charge in [0.25, 0.3) is 0 Å². The molecular weight excluding hydrogens is 310 g/mol. The van der Waals surface area contributed by atoms with E-state index in [2.05, 4.69) is 10.1 Å². The van der Waals surface area contributed by atoms with Crippen LogP contribution in [-0.4, -0.2) is 68.4 Å². The van der Waals surface area contributed by atoms with Gasteiger partial charge in [0.2, 0.25) is 11.8 Å². The van der Waals surface area contributed by atoms with Gasteiger partial charge in [-0.05, 0) is 38.4 Å². The van der Waals surface area contributed by atoms with E-state index in [-0.39, 0.29) is 24.2 Å². The number of rotatable bonds is 6. The fourth-order valence-electron chi connectivity index (χ4n) is 2.54. The van der Waals surface area contributed by atoms with Crippen LogP contribution in [0.4, 0.5) is 5.69 Å². The van der Waals surface area contributed by atoms with Crippen LogP contribution in [0.5, 0.6) is 0 Å². The largest absolute Gasteiger partial charge is 0.465 e. The van der Waals surface area contributed by atoms with Gasteiger partial charge in [-0.2, -0.15) is 0 Å². The number of methoxy groups -OCH3 is 1. The summed E-state index contributed by atoms with van der Waals surface area (Å²) in [5, 5.41) is 2.79. The number of likely N-dealkylation sites (N-methyl/N-ethyl adjacent to an activating group) is 1. The van der Waals surface area contributed by atoms with E-state index in [4.69, 9.17) is 0 Å². The number of amides is 2. The van der Waals surface area contributed by atoms with Gasteiger partial charge >= 0.3 is 5.97 Å². The summed E-state index contributed by atoms with van der Waals surface area (Å²) in [4.78, 5) is 39.4. The summed E-state index contributed by atoms with van der Waals surface area (Å²) in [6.45, 7) is 1.84. The topological polar surface area (TPSA) is 78.9 Å². The minimum absolute atomic E-state index is 0.0121. The summed E-state index contributed by atoms with van der Waals surface area (Å²) in [6.07, 6.45) is 0.236. The number of carbonyl (C=O) groups is 3. The van der Waals surface area contributed by atoms with Crippen molar-refractivity contribution < 1.29 is 19.1 Å². The fourth-order valence-corrected chi connectivity index (χ4v) is 2.54. The number of nitrogens with zero attached hydrogens (tertiary/aromatic N) is 2. The van der Waals surface area contributed by atoms with Gasteiger partial charge in [-0.1, -0.05) is 0 Å². The third-order valence-electron chi connectivity index (χ3n) is 3.98. The van der Waals surface area contributed by atoms with E-state index in [1.165, 1.54) is 7.11 Å². The SMILES string of the molecule is COC(=O)c1ccc(NC(=O)C2CC(=O)N(CCN(C)C)C2)cc1. The van der Waals surface area contributed by atoms with E-state index < -0.39 is 5.97 Å². The summed E-state index contributed by atoms with van der Waals surface area (Å²) >= 11 is 0. The van der Waals surface area contributed by atoms with E-state index >= 15 is 0 Å². The van der Waals surface area contributed by atoms with Crippen LogP contribution >= 0.6 is 0 Å². The quantitative estimate of drug-likeness (QED) is 0.780. The van der Waals surface area contributed by atoms with Crippen molar-refractivity contribution in [2.45, 2.75) is 6.42 Å². The molecule has 0 aromatic heterocycles. The predicted octanol–water partition coefficient (Wildman–Crippen LogP) is 0.822. The lowest BCUT2D eigenvalue weighted by molar-refractivity contribution is -0.128. The van der Waals surface area contributed by atoms with E-state index in [1.807, 2.05) is 19.0 Å². The molecule has 1 unspecified atom stereocenters. The standard InChI is InChI=1S/C17H23N3O4/c1-19(2)8-9-20-11-13(10-15(20)21)16(22)18-14-6-4-12(5-7-14)17(23)24-3/h4-7,13H,8-11H2,1-3H3,(H,18,22). The first-order valence-corrected chi connectivity index (χ1v) is 7.82. The average Bonchev–Trinajstić information content (AvgIpc) is 2.94. The summed E-state index contributed by atoms with van der Waals surface area (Å²) in [5.74, 6) is -0.940. The Morgan fingerprint density at radius 3 is 2.54 bits per heavy atom. The van der Waals surface area contributed by atoms with Crippen molar-refractivity contribution in [2.75, 3.05) is 46.2 Å². The van der Waals surface area contributed by atoms with Crippen LogP contribution in [-0.2, 0) is 14.3 Å². The molecule has 1 N–H and O–H groups in total. The highest BCUT2D eigenvalue weighted by Crippen LogP contribution is 2.20. The molecule has 1 heterocycles. The minimum atomic E-state index is -0.425. The molecule has 2 amide bonds. The Hall–Kier alpha value is -2.41. The predicted molar refractivity (Wildman–Crippen MR) is 89.7 cm³/mol. The maximum atomic E-state index is 12.3. The van der Waals surface area contributed by atoms with Crippen molar-refractivity contribution in [3.05, 3.63) is 29.8 Å². The first-order chi connectivity index (χ1) is 11.4. The molecule has 24 heavy (non-hydrogen) atoms. The van der Waals surface area contributed by atoms with Gasteiger partial charge in [-0.25, -0.2) is 4.79 Å². The summed E-state index contributed by atoms with van der Waals surface area (Å²) < 4.78 is 4.63. The lowest BCUT2D eigenvalue weighted by Crippen LogP contribution is -2.33. The van der Waals surface area contributed by atoms with Gasteiger partial charge in [0.15, 0.2) is 0 Å². The Morgan fingerprint density at radius 1 is 1.29 bits per heavy atom. The third-order valence-corrected chi connectivity index (χ3v) is 3.98. The van der Waals surface area contributed by atoms with Gasteiger partial charge in [-0.15, -0.1) is 0 Å². The normalized spacial score (nSPS) is 17.2. The van der Waals surface area contributed by atoms with Crippen LogP contribution in [0.3, 0.4) is 0 Å². The zero-order valence-electron chi connectivity index (χ0n) is 14.2. The molecule has 0 radical (unpaired) electrons. The Labute approximate surface area is 141 Å². The zero-order valence-corrected chi connectivity index (χ0v) is 14.2. The van der Waals surface area contributed by atoms with Crippen molar-refractivity contribution in [1.29, 1.82) is 0 Å². The molecule has 7 nitrogen and oxygen atoms in total. The van der Waals surface area contributed by atoms with Crippen molar-refractivity contribution >= 4 is 23.5 Å². The number of likely N-dealkylation sites (tertiary alicyclic amines) is 1. The molecule has 1 aromatic carbocycles. The number of benzene rings is 1. The molecule has 1 aliphatic rings. The lowest BCUT2D eigenvalue weighted by Gasteiger charge is -2.19. The zero-order chi connectivity index (χ0) is 17.7. The van der Waals surface area contributed by atoms with Crippen LogP contribution in [0.1, 0.15) is 16.8 Å². The molecule has 1 saturated heterocycles. The molecule has 2 rings (SSSR count). The lowest BCUT2D eigenvalue weighted by atomic mass is 10.1. The van der Waals surface area contributed by atoms with Crippen molar-refractivity contribution in [3.63, 3.8) is 0 Å². The highest BCUT2D eigenvalue weighted by molar-refractivity contribution is 5.97. The highest BCUT2D eigenvalue weighted by atomic mass is 16.5. The molecule has 1 atom stereocenters. The second kappa shape index (κ2) is 7.92. The monoisotopic (exact) mass is 333 g/mol. The van der Waals surface area contributed by atoms with Gasteiger partial charge in [0.05, 0.1) is 18.6 Å². The molecular formula is C17H23N3O4. The maximum absolute atomic E-state index is 12.3. The summed E-state index contributed by atoms with van der Waals surface area (Å²) in [5.41, 5.74) is 1.01. The second-order valence-corrected chi connectivity index (χ2v) is 6.10. The number of anilines is 1. The van der Waals surface area contributed by atoms with Crippen LogP contribution in [0.25, 0.3) is 0 Å². The van der Waals surface area contributed by atoms with Crippen LogP contribution in [0.2, 0.25) is 0 Å². The molecule has 1 aromatic rings. The molecule has 0 spiro atoms. The second-order valence-electron chi connectivity index (χ2n) is 6.10. The number of ether oxygens (including phenoxy) is 1. The number of esters is 1. The Balaban J connectivity index is 1.91. The van der Waals surface area contributed by atoms with E-state index in [9.17, 15) is 14.4 Å². The highest BCUT2D eigenvalue weighted by Gasteiger charge is 2.34. The molecule has 0 bridgehead atoms.